The standard InChI is InChI=1S/C27H31N7O5S/c1-16-13-34(14-17(2)39-16)15-20-6-5-7-22(30-20)26(35)31-23-8-18(9-24-21(23)12-29-32-24)19-10-25(33-40(4,36)37)27(38-3)28-11-19/h5-12,16-17,33H,13-15H2,1-4H3,(H,29,32)(H,31,35)/t16-,17?/m0/s1. The van der Waals surface area contributed by atoms with Gasteiger partial charge in [0.1, 0.15) is 11.4 Å². The highest BCUT2D eigenvalue weighted by atomic mass is 32.2. The number of pyridine rings is 2. The molecule has 210 valence electrons. The molecule has 3 N–H and O–H groups in total. The summed E-state index contributed by atoms with van der Waals surface area (Å²) in [5.41, 5.74) is 3.76. The lowest BCUT2D eigenvalue weighted by molar-refractivity contribution is -0.0707. The van der Waals surface area contributed by atoms with Crippen molar-refractivity contribution in [1.82, 2.24) is 25.1 Å². The van der Waals surface area contributed by atoms with Crippen LogP contribution in [0.15, 0.2) is 48.8 Å². The Balaban J connectivity index is 1.42. The van der Waals surface area contributed by atoms with Crippen molar-refractivity contribution in [3.63, 3.8) is 0 Å². The Kier molecular flexibility index (Phi) is 7.70. The van der Waals surface area contributed by atoms with E-state index >= 15 is 0 Å². The lowest BCUT2D eigenvalue weighted by Gasteiger charge is -2.35. The average Bonchev–Trinajstić information content (AvgIpc) is 3.36. The molecule has 1 aliphatic heterocycles. The predicted octanol–water partition coefficient (Wildman–Crippen LogP) is 3.26. The predicted molar refractivity (Wildman–Crippen MR) is 152 cm³/mol. The number of ether oxygens (including phenoxy) is 2. The van der Waals surface area contributed by atoms with E-state index in [1.807, 2.05) is 18.2 Å². The molecule has 1 aliphatic rings. The third kappa shape index (κ3) is 6.38. The first-order valence-electron chi connectivity index (χ1n) is 12.7. The molecule has 0 spiro atoms. The topological polar surface area (TPSA) is 151 Å². The molecule has 12 nitrogen and oxygen atoms in total. The highest BCUT2D eigenvalue weighted by Crippen LogP contribution is 2.33. The molecule has 0 aliphatic carbocycles. The summed E-state index contributed by atoms with van der Waals surface area (Å²) in [6, 6.07) is 10.7. The van der Waals surface area contributed by atoms with Crippen molar-refractivity contribution in [2.75, 3.05) is 36.5 Å². The van der Waals surface area contributed by atoms with Gasteiger partial charge in [-0.05, 0) is 49.7 Å². The quantitative estimate of drug-likeness (QED) is 0.292. The van der Waals surface area contributed by atoms with Crippen LogP contribution in [0.1, 0.15) is 30.0 Å². The summed E-state index contributed by atoms with van der Waals surface area (Å²) in [7, 11) is -2.16. The number of aromatic nitrogens is 4. The van der Waals surface area contributed by atoms with Crippen LogP contribution in [-0.4, -0.2) is 78.1 Å². The van der Waals surface area contributed by atoms with Gasteiger partial charge in [-0.3, -0.25) is 19.5 Å². The Morgan fingerprint density at radius 3 is 2.60 bits per heavy atom. The van der Waals surface area contributed by atoms with Gasteiger partial charge in [0.25, 0.3) is 5.91 Å². The minimum Gasteiger partial charge on any atom is -0.480 e. The summed E-state index contributed by atoms with van der Waals surface area (Å²) in [4.78, 5) is 24.5. The minimum absolute atomic E-state index is 0.136. The van der Waals surface area contributed by atoms with E-state index in [1.165, 1.54) is 7.11 Å². The maximum absolute atomic E-state index is 13.3. The van der Waals surface area contributed by atoms with Gasteiger partial charge in [0.15, 0.2) is 0 Å². The number of carbonyl (C=O) groups excluding carboxylic acids is 1. The van der Waals surface area contributed by atoms with Gasteiger partial charge >= 0.3 is 0 Å². The van der Waals surface area contributed by atoms with Crippen LogP contribution < -0.4 is 14.8 Å². The second-order valence-corrected chi connectivity index (χ2v) is 11.7. The summed E-state index contributed by atoms with van der Waals surface area (Å²) in [6.07, 6.45) is 4.52. The number of hydrogen-bond acceptors (Lipinski definition) is 9. The van der Waals surface area contributed by atoms with Gasteiger partial charge in [-0.2, -0.15) is 5.10 Å². The number of H-pyrrole nitrogens is 1. The average molecular weight is 566 g/mol. The number of nitrogens with one attached hydrogen (secondary N) is 3. The second-order valence-electron chi connectivity index (χ2n) is 9.93. The molecule has 5 rings (SSSR count). The molecule has 1 saturated heterocycles. The molecule has 13 heteroatoms. The molecule has 1 unspecified atom stereocenters. The number of rotatable bonds is 8. The van der Waals surface area contributed by atoms with Crippen molar-refractivity contribution in [3.05, 3.63) is 60.2 Å². The summed E-state index contributed by atoms with van der Waals surface area (Å²) >= 11 is 0. The van der Waals surface area contributed by atoms with E-state index in [0.717, 1.165) is 25.0 Å². The SMILES string of the molecule is COc1ncc(-c2cc(NC(=O)c3cccc(CN4CC(C)O[C@@H](C)C4)n3)c3cn[nH]c3c2)cc1NS(C)(=O)=O. The van der Waals surface area contributed by atoms with Crippen LogP contribution >= 0.6 is 0 Å². The lowest BCUT2D eigenvalue weighted by Crippen LogP contribution is -2.45. The van der Waals surface area contributed by atoms with Gasteiger partial charge in [-0.1, -0.05) is 6.07 Å². The van der Waals surface area contributed by atoms with E-state index in [-0.39, 0.29) is 29.7 Å². The number of sulfonamides is 1. The first-order chi connectivity index (χ1) is 19.1. The van der Waals surface area contributed by atoms with Gasteiger partial charge in [0.05, 0.1) is 48.7 Å². The molecule has 1 amide bonds. The van der Waals surface area contributed by atoms with Crippen LogP contribution in [0, 0.1) is 0 Å². The Bertz CT molecular complexity index is 1650. The van der Waals surface area contributed by atoms with Gasteiger partial charge in [-0.25, -0.2) is 18.4 Å². The van der Waals surface area contributed by atoms with Crippen molar-refractivity contribution >= 4 is 38.2 Å². The number of fused-ring (bicyclic) bond motifs is 1. The zero-order valence-corrected chi connectivity index (χ0v) is 23.4. The highest BCUT2D eigenvalue weighted by Gasteiger charge is 2.23. The molecule has 3 aromatic heterocycles. The number of morpholine rings is 1. The molecule has 4 aromatic rings. The molecule has 0 radical (unpaired) electrons. The van der Waals surface area contributed by atoms with E-state index in [4.69, 9.17) is 9.47 Å². The monoisotopic (exact) mass is 565 g/mol. The maximum Gasteiger partial charge on any atom is 0.274 e. The van der Waals surface area contributed by atoms with Crippen molar-refractivity contribution < 1.29 is 22.7 Å². The van der Waals surface area contributed by atoms with Crippen LogP contribution in [0.25, 0.3) is 22.0 Å². The van der Waals surface area contributed by atoms with Gasteiger partial charge in [0.2, 0.25) is 15.9 Å². The number of nitrogens with zero attached hydrogens (tertiary/aromatic N) is 4. The minimum atomic E-state index is -3.57. The zero-order valence-electron chi connectivity index (χ0n) is 22.6. The fourth-order valence-corrected chi connectivity index (χ4v) is 5.44. The Morgan fingerprint density at radius 1 is 1.12 bits per heavy atom. The first-order valence-corrected chi connectivity index (χ1v) is 14.6. The van der Waals surface area contributed by atoms with E-state index < -0.39 is 10.0 Å². The number of methoxy groups -OCH3 is 1. The number of anilines is 2. The van der Waals surface area contributed by atoms with Crippen LogP contribution in [0.4, 0.5) is 11.4 Å². The molecule has 0 bridgehead atoms. The fourth-order valence-electron chi connectivity index (χ4n) is 4.89. The normalized spacial score (nSPS) is 18.0. The molecular weight excluding hydrogens is 534 g/mol. The number of hydrogen-bond donors (Lipinski definition) is 3. The molecular formula is C27H31N7O5S. The number of aromatic amines is 1. The summed E-state index contributed by atoms with van der Waals surface area (Å²) in [5, 5.41) is 10.7. The number of carbonyl (C=O) groups is 1. The first kappa shape index (κ1) is 27.5. The van der Waals surface area contributed by atoms with Crippen LogP contribution in [0.2, 0.25) is 0 Å². The van der Waals surface area contributed by atoms with Crippen molar-refractivity contribution in [1.29, 1.82) is 0 Å². The molecule has 4 heterocycles. The van der Waals surface area contributed by atoms with Gasteiger partial charge < -0.3 is 14.8 Å². The summed E-state index contributed by atoms with van der Waals surface area (Å²) < 4.78 is 37.2. The molecule has 0 saturated carbocycles. The maximum atomic E-state index is 13.3. The molecule has 1 fully saturated rings. The Labute approximate surface area is 232 Å². The van der Waals surface area contributed by atoms with Gasteiger partial charge in [0, 0.05) is 36.8 Å². The molecule has 40 heavy (non-hydrogen) atoms. The summed E-state index contributed by atoms with van der Waals surface area (Å²) in [5.74, 6) is -0.227. The Morgan fingerprint density at radius 2 is 1.88 bits per heavy atom. The summed E-state index contributed by atoms with van der Waals surface area (Å²) in [6.45, 7) is 6.32. The van der Waals surface area contributed by atoms with Crippen LogP contribution in [0.3, 0.4) is 0 Å². The largest absolute Gasteiger partial charge is 0.480 e. The number of amides is 1. The zero-order chi connectivity index (χ0) is 28.4. The third-order valence-electron chi connectivity index (χ3n) is 6.40. The number of benzene rings is 1. The Hall–Kier alpha value is -4.07. The second kappa shape index (κ2) is 11.2. The lowest BCUT2D eigenvalue weighted by atomic mass is 10.0. The van der Waals surface area contributed by atoms with Crippen molar-refractivity contribution in [3.8, 4) is 17.0 Å². The van der Waals surface area contributed by atoms with Crippen LogP contribution in [-0.2, 0) is 21.3 Å². The van der Waals surface area contributed by atoms with E-state index in [2.05, 4.69) is 49.0 Å². The van der Waals surface area contributed by atoms with E-state index in [9.17, 15) is 13.2 Å². The highest BCUT2D eigenvalue weighted by molar-refractivity contribution is 7.92. The van der Waals surface area contributed by atoms with E-state index in [1.54, 1.807) is 30.6 Å². The molecule has 1 aromatic carbocycles. The van der Waals surface area contributed by atoms with Crippen molar-refractivity contribution in [2.45, 2.75) is 32.6 Å². The van der Waals surface area contributed by atoms with Gasteiger partial charge in [-0.15, -0.1) is 0 Å². The van der Waals surface area contributed by atoms with E-state index in [0.29, 0.717) is 40.0 Å². The fraction of sp³-hybridized carbons (Fsp3) is 0.333. The van der Waals surface area contributed by atoms with Crippen molar-refractivity contribution in [2.24, 2.45) is 0 Å². The smallest absolute Gasteiger partial charge is 0.274 e. The third-order valence-corrected chi connectivity index (χ3v) is 6.99. The van der Waals surface area contributed by atoms with Crippen LogP contribution in [0.5, 0.6) is 5.88 Å². The molecule has 2 atom stereocenters.